The van der Waals surface area contributed by atoms with Crippen molar-refractivity contribution in [2.24, 2.45) is 5.41 Å². The van der Waals surface area contributed by atoms with E-state index in [1.165, 1.54) is 0 Å². The van der Waals surface area contributed by atoms with Gasteiger partial charge < -0.3 is 0 Å². The monoisotopic (exact) mass is 256 g/mol. The third-order valence-electron chi connectivity index (χ3n) is 3.44. The maximum Gasteiger partial charge on any atom is 0.168 e. The summed E-state index contributed by atoms with van der Waals surface area (Å²) in [4.78, 5) is 12.3. The van der Waals surface area contributed by atoms with E-state index in [0.29, 0.717) is 15.6 Å². The fraction of sp³-hybridized carbons (Fsp3) is 0.462. The van der Waals surface area contributed by atoms with Crippen LogP contribution in [0.5, 0.6) is 0 Å². The van der Waals surface area contributed by atoms with Crippen LogP contribution < -0.4 is 0 Å². The van der Waals surface area contributed by atoms with Gasteiger partial charge in [-0.2, -0.15) is 0 Å². The number of benzene rings is 1. The number of halogens is 2. The summed E-state index contributed by atoms with van der Waals surface area (Å²) < 4.78 is 0. The summed E-state index contributed by atoms with van der Waals surface area (Å²) in [5.41, 5.74) is 0.482. The van der Waals surface area contributed by atoms with Crippen LogP contribution in [-0.2, 0) is 0 Å². The molecule has 0 unspecified atom stereocenters. The number of rotatable bonds is 2. The van der Waals surface area contributed by atoms with E-state index in [0.717, 1.165) is 25.7 Å². The highest BCUT2D eigenvalue weighted by Crippen LogP contribution is 2.40. The topological polar surface area (TPSA) is 17.1 Å². The Kier molecular flexibility index (Phi) is 3.27. The van der Waals surface area contributed by atoms with Crippen molar-refractivity contribution in [3.63, 3.8) is 0 Å². The van der Waals surface area contributed by atoms with Crippen molar-refractivity contribution in [3.8, 4) is 0 Å². The van der Waals surface area contributed by atoms with Crippen LogP contribution in [0.2, 0.25) is 10.0 Å². The standard InChI is InChI=1S/C13H14Cl2O/c1-13(6-2-3-7-13)12(16)9-4-5-10(14)11(15)8-9/h4-5,8H,2-3,6-7H2,1H3. The Balaban J connectivity index is 2.30. The van der Waals surface area contributed by atoms with E-state index in [1.54, 1.807) is 18.2 Å². The van der Waals surface area contributed by atoms with E-state index in [4.69, 9.17) is 23.2 Å². The molecular weight excluding hydrogens is 243 g/mol. The molecule has 0 bridgehead atoms. The van der Waals surface area contributed by atoms with Gasteiger partial charge in [0.1, 0.15) is 0 Å². The summed E-state index contributed by atoms with van der Waals surface area (Å²) in [5.74, 6) is 0.198. The van der Waals surface area contributed by atoms with E-state index < -0.39 is 0 Å². The molecule has 2 rings (SSSR count). The summed E-state index contributed by atoms with van der Waals surface area (Å²) in [7, 11) is 0. The first kappa shape index (κ1) is 11.9. The molecule has 0 saturated heterocycles. The second kappa shape index (κ2) is 4.38. The second-order valence-electron chi connectivity index (χ2n) is 4.73. The summed E-state index contributed by atoms with van der Waals surface area (Å²) >= 11 is 11.8. The van der Waals surface area contributed by atoms with E-state index in [-0.39, 0.29) is 11.2 Å². The number of Topliss-reactive ketones (excluding diaryl/α,β-unsaturated/α-hetero) is 1. The van der Waals surface area contributed by atoms with Crippen molar-refractivity contribution in [1.29, 1.82) is 0 Å². The SMILES string of the molecule is CC1(C(=O)c2ccc(Cl)c(Cl)c2)CCCC1. The largest absolute Gasteiger partial charge is 0.294 e. The van der Waals surface area contributed by atoms with Crippen molar-refractivity contribution in [3.05, 3.63) is 33.8 Å². The molecule has 0 heterocycles. The molecule has 0 aliphatic heterocycles. The molecule has 0 radical (unpaired) electrons. The van der Waals surface area contributed by atoms with Gasteiger partial charge in [0.05, 0.1) is 10.0 Å². The van der Waals surface area contributed by atoms with Crippen LogP contribution in [0.4, 0.5) is 0 Å². The number of ketones is 1. The molecule has 0 N–H and O–H groups in total. The lowest BCUT2D eigenvalue weighted by atomic mass is 9.81. The Morgan fingerprint density at radius 3 is 2.38 bits per heavy atom. The molecule has 0 spiro atoms. The van der Waals surface area contributed by atoms with Crippen molar-refractivity contribution in [1.82, 2.24) is 0 Å². The number of hydrogen-bond acceptors (Lipinski definition) is 1. The van der Waals surface area contributed by atoms with E-state index in [2.05, 4.69) is 0 Å². The first-order valence-electron chi connectivity index (χ1n) is 5.53. The summed E-state index contributed by atoms with van der Waals surface area (Å²) in [6.45, 7) is 2.05. The average Bonchev–Trinajstić information content (AvgIpc) is 2.70. The smallest absolute Gasteiger partial charge is 0.168 e. The summed E-state index contributed by atoms with van der Waals surface area (Å²) in [6.07, 6.45) is 4.24. The van der Waals surface area contributed by atoms with Crippen molar-refractivity contribution in [2.45, 2.75) is 32.6 Å². The van der Waals surface area contributed by atoms with Gasteiger partial charge in [-0.1, -0.05) is 43.0 Å². The van der Waals surface area contributed by atoms with Crippen LogP contribution in [0, 0.1) is 5.41 Å². The molecule has 1 aliphatic rings. The highest BCUT2D eigenvalue weighted by Gasteiger charge is 2.36. The highest BCUT2D eigenvalue weighted by atomic mass is 35.5. The number of carbonyl (C=O) groups is 1. The maximum atomic E-state index is 12.3. The molecule has 1 nitrogen and oxygen atoms in total. The van der Waals surface area contributed by atoms with Gasteiger partial charge in [-0.3, -0.25) is 4.79 Å². The molecule has 86 valence electrons. The zero-order chi connectivity index (χ0) is 11.8. The molecule has 16 heavy (non-hydrogen) atoms. The predicted molar refractivity (Wildman–Crippen MR) is 67.4 cm³/mol. The Hall–Kier alpha value is -0.530. The van der Waals surface area contributed by atoms with Gasteiger partial charge >= 0.3 is 0 Å². The third kappa shape index (κ3) is 2.11. The molecule has 0 atom stereocenters. The van der Waals surface area contributed by atoms with Crippen LogP contribution in [0.25, 0.3) is 0 Å². The summed E-state index contributed by atoms with van der Waals surface area (Å²) in [6, 6.07) is 5.13. The van der Waals surface area contributed by atoms with E-state index >= 15 is 0 Å². The van der Waals surface area contributed by atoms with Crippen molar-refractivity contribution in [2.75, 3.05) is 0 Å². The Morgan fingerprint density at radius 2 is 1.81 bits per heavy atom. The van der Waals surface area contributed by atoms with Crippen LogP contribution in [0.3, 0.4) is 0 Å². The highest BCUT2D eigenvalue weighted by molar-refractivity contribution is 6.42. The quantitative estimate of drug-likeness (QED) is 0.698. The molecule has 0 aromatic heterocycles. The Bertz CT molecular complexity index is 420. The molecule has 0 amide bonds. The van der Waals surface area contributed by atoms with Crippen LogP contribution in [0.15, 0.2) is 18.2 Å². The maximum absolute atomic E-state index is 12.3. The lowest BCUT2D eigenvalue weighted by Crippen LogP contribution is -2.24. The molecule has 1 aliphatic carbocycles. The van der Waals surface area contributed by atoms with Crippen LogP contribution in [0.1, 0.15) is 43.0 Å². The zero-order valence-corrected chi connectivity index (χ0v) is 10.7. The van der Waals surface area contributed by atoms with Gasteiger partial charge in [0.25, 0.3) is 0 Å². The molecule has 1 aromatic rings. The van der Waals surface area contributed by atoms with Crippen LogP contribution >= 0.6 is 23.2 Å². The lowest BCUT2D eigenvalue weighted by molar-refractivity contribution is 0.0823. The lowest BCUT2D eigenvalue weighted by Gasteiger charge is -2.21. The van der Waals surface area contributed by atoms with Gasteiger partial charge in [0.2, 0.25) is 0 Å². The van der Waals surface area contributed by atoms with E-state index in [9.17, 15) is 4.79 Å². The fourth-order valence-corrected chi connectivity index (χ4v) is 2.67. The van der Waals surface area contributed by atoms with E-state index in [1.807, 2.05) is 6.92 Å². The Labute approximate surface area is 106 Å². The van der Waals surface area contributed by atoms with Gasteiger partial charge in [0, 0.05) is 11.0 Å². The van der Waals surface area contributed by atoms with Crippen LogP contribution in [-0.4, -0.2) is 5.78 Å². The van der Waals surface area contributed by atoms with Crippen molar-refractivity contribution < 1.29 is 4.79 Å². The average molecular weight is 257 g/mol. The third-order valence-corrected chi connectivity index (χ3v) is 4.18. The fourth-order valence-electron chi connectivity index (χ4n) is 2.37. The molecule has 1 aromatic carbocycles. The predicted octanol–water partition coefficient (Wildman–Crippen LogP) is 4.76. The molecular formula is C13H14Cl2O. The van der Waals surface area contributed by atoms with Gasteiger partial charge in [-0.05, 0) is 31.0 Å². The van der Waals surface area contributed by atoms with Gasteiger partial charge in [-0.15, -0.1) is 0 Å². The second-order valence-corrected chi connectivity index (χ2v) is 5.54. The molecule has 1 fully saturated rings. The van der Waals surface area contributed by atoms with Gasteiger partial charge in [-0.25, -0.2) is 0 Å². The first-order valence-corrected chi connectivity index (χ1v) is 6.28. The number of hydrogen-bond donors (Lipinski definition) is 0. The zero-order valence-electron chi connectivity index (χ0n) is 9.22. The minimum atomic E-state index is -0.197. The number of carbonyl (C=O) groups excluding carboxylic acids is 1. The normalized spacial score (nSPS) is 18.7. The summed E-state index contributed by atoms with van der Waals surface area (Å²) in [5, 5.41) is 0.948. The minimum Gasteiger partial charge on any atom is -0.294 e. The Morgan fingerprint density at radius 1 is 1.19 bits per heavy atom. The van der Waals surface area contributed by atoms with Gasteiger partial charge in [0.15, 0.2) is 5.78 Å². The minimum absolute atomic E-state index is 0.197. The van der Waals surface area contributed by atoms with Crippen molar-refractivity contribution >= 4 is 29.0 Å². The molecule has 1 saturated carbocycles. The first-order chi connectivity index (χ1) is 7.53. The molecule has 3 heteroatoms.